The summed E-state index contributed by atoms with van der Waals surface area (Å²) in [5.74, 6) is 1.33. The van der Waals surface area contributed by atoms with E-state index in [0.717, 1.165) is 24.8 Å². The lowest BCUT2D eigenvalue weighted by atomic mass is 9.95. The molecule has 0 bridgehead atoms. The van der Waals surface area contributed by atoms with Gasteiger partial charge in [0.05, 0.1) is 18.4 Å². The number of nitrogens with one attached hydrogen (secondary N) is 1. The van der Waals surface area contributed by atoms with E-state index >= 15 is 0 Å². The normalized spacial score (nSPS) is 16.7. The van der Waals surface area contributed by atoms with E-state index in [-0.39, 0.29) is 11.9 Å². The molecule has 2 aromatic rings. The van der Waals surface area contributed by atoms with Crippen molar-refractivity contribution in [2.45, 2.75) is 25.8 Å². The number of hydrogen-bond donors (Lipinski definition) is 1. The Hall–Kier alpha value is -2.47. The molecule has 1 atom stereocenters. The monoisotopic (exact) mass is 367 g/mol. The van der Waals surface area contributed by atoms with Crippen molar-refractivity contribution in [1.29, 1.82) is 0 Å². The standard InChI is InChI=1S/C21H29N5O/c1-16-9-11-26(12-10-16)19(17-7-5-4-6-8-17)14-24-21(27)18-13-23-20(15-22-18)25(2)3/h4-8,13,15-16,19H,9-12,14H2,1-3H3,(H,24,27). The van der Waals surface area contributed by atoms with Crippen LogP contribution in [-0.2, 0) is 0 Å². The summed E-state index contributed by atoms with van der Waals surface area (Å²) in [7, 11) is 3.79. The summed E-state index contributed by atoms with van der Waals surface area (Å²) < 4.78 is 0. The molecule has 1 amide bonds. The van der Waals surface area contributed by atoms with Gasteiger partial charge in [0.1, 0.15) is 11.5 Å². The zero-order valence-corrected chi connectivity index (χ0v) is 16.4. The maximum Gasteiger partial charge on any atom is 0.271 e. The molecule has 0 saturated carbocycles. The van der Waals surface area contributed by atoms with Crippen LogP contribution in [0.4, 0.5) is 5.82 Å². The summed E-state index contributed by atoms with van der Waals surface area (Å²) >= 11 is 0. The molecule has 0 radical (unpaired) electrons. The highest BCUT2D eigenvalue weighted by atomic mass is 16.1. The molecule has 1 fully saturated rings. The van der Waals surface area contributed by atoms with Crippen LogP contribution < -0.4 is 10.2 Å². The van der Waals surface area contributed by atoms with E-state index in [1.165, 1.54) is 24.6 Å². The van der Waals surface area contributed by atoms with Crippen molar-refractivity contribution in [3.05, 3.63) is 54.0 Å². The Morgan fingerprint density at radius 3 is 2.48 bits per heavy atom. The Morgan fingerprint density at radius 1 is 1.19 bits per heavy atom. The second-order valence-electron chi connectivity index (χ2n) is 7.51. The van der Waals surface area contributed by atoms with Gasteiger partial charge < -0.3 is 10.2 Å². The third-order valence-corrected chi connectivity index (χ3v) is 5.23. The van der Waals surface area contributed by atoms with Gasteiger partial charge >= 0.3 is 0 Å². The average molecular weight is 367 g/mol. The summed E-state index contributed by atoms with van der Waals surface area (Å²) in [5, 5.41) is 3.06. The molecule has 144 valence electrons. The Bertz CT molecular complexity index is 724. The van der Waals surface area contributed by atoms with Gasteiger partial charge in [-0.2, -0.15) is 0 Å². The van der Waals surface area contributed by atoms with E-state index in [0.29, 0.717) is 12.2 Å². The van der Waals surface area contributed by atoms with Gasteiger partial charge in [-0.05, 0) is 37.4 Å². The number of likely N-dealkylation sites (tertiary alicyclic amines) is 1. The highest BCUT2D eigenvalue weighted by molar-refractivity contribution is 5.92. The zero-order chi connectivity index (χ0) is 19.2. The van der Waals surface area contributed by atoms with Crippen molar-refractivity contribution in [3.63, 3.8) is 0 Å². The smallest absolute Gasteiger partial charge is 0.271 e. The fraction of sp³-hybridized carbons (Fsp3) is 0.476. The number of hydrogen-bond acceptors (Lipinski definition) is 5. The Labute approximate surface area is 161 Å². The number of benzene rings is 1. The van der Waals surface area contributed by atoms with Gasteiger partial charge in [-0.1, -0.05) is 37.3 Å². The first-order valence-corrected chi connectivity index (χ1v) is 9.61. The van der Waals surface area contributed by atoms with Crippen LogP contribution in [0.1, 0.15) is 41.9 Å². The minimum atomic E-state index is -0.181. The number of anilines is 1. The van der Waals surface area contributed by atoms with Crippen LogP contribution in [0.2, 0.25) is 0 Å². The third kappa shape index (κ3) is 5.04. The van der Waals surface area contributed by atoms with Gasteiger partial charge in [0, 0.05) is 20.6 Å². The maximum atomic E-state index is 12.6. The van der Waals surface area contributed by atoms with E-state index in [9.17, 15) is 4.79 Å². The van der Waals surface area contributed by atoms with Gasteiger partial charge in [0.25, 0.3) is 5.91 Å². The molecular weight excluding hydrogens is 338 g/mol. The van der Waals surface area contributed by atoms with Crippen LogP contribution >= 0.6 is 0 Å². The van der Waals surface area contributed by atoms with Crippen molar-refractivity contribution in [1.82, 2.24) is 20.2 Å². The lowest BCUT2D eigenvalue weighted by molar-refractivity contribution is 0.0908. The molecule has 0 spiro atoms. The summed E-state index contributed by atoms with van der Waals surface area (Å²) in [4.78, 5) is 25.4. The second-order valence-corrected chi connectivity index (χ2v) is 7.51. The van der Waals surface area contributed by atoms with Gasteiger partial charge in [-0.25, -0.2) is 9.97 Å². The average Bonchev–Trinajstić information content (AvgIpc) is 2.70. The minimum absolute atomic E-state index is 0.177. The van der Waals surface area contributed by atoms with Gasteiger partial charge in [0.15, 0.2) is 0 Å². The van der Waals surface area contributed by atoms with E-state index in [2.05, 4.69) is 51.4 Å². The predicted molar refractivity (Wildman–Crippen MR) is 108 cm³/mol. The van der Waals surface area contributed by atoms with Crippen molar-refractivity contribution >= 4 is 11.7 Å². The Morgan fingerprint density at radius 2 is 1.89 bits per heavy atom. The number of amides is 1. The van der Waals surface area contributed by atoms with Gasteiger partial charge in [-0.3, -0.25) is 9.69 Å². The molecule has 27 heavy (non-hydrogen) atoms. The first-order chi connectivity index (χ1) is 13.0. The minimum Gasteiger partial charge on any atom is -0.361 e. The van der Waals surface area contributed by atoms with Crippen LogP contribution in [0, 0.1) is 5.92 Å². The zero-order valence-electron chi connectivity index (χ0n) is 16.4. The number of carbonyl (C=O) groups is 1. The van der Waals surface area contributed by atoms with Crippen molar-refractivity contribution in [3.8, 4) is 0 Å². The first kappa shape index (κ1) is 19.3. The molecule has 2 heterocycles. The van der Waals surface area contributed by atoms with Crippen LogP contribution in [0.15, 0.2) is 42.7 Å². The van der Waals surface area contributed by atoms with Crippen LogP contribution in [0.3, 0.4) is 0 Å². The van der Waals surface area contributed by atoms with Crippen molar-refractivity contribution in [2.75, 3.05) is 38.6 Å². The molecule has 0 aliphatic carbocycles. The fourth-order valence-corrected chi connectivity index (χ4v) is 3.42. The second kappa shape index (κ2) is 8.95. The van der Waals surface area contributed by atoms with Gasteiger partial charge in [-0.15, -0.1) is 0 Å². The fourth-order valence-electron chi connectivity index (χ4n) is 3.42. The van der Waals surface area contributed by atoms with E-state index in [4.69, 9.17) is 0 Å². The van der Waals surface area contributed by atoms with E-state index in [1.807, 2.05) is 25.1 Å². The largest absolute Gasteiger partial charge is 0.361 e. The molecule has 6 nitrogen and oxygen atoms in total. The van der Waals surface area contributed by atoms with E-state index in [1.54, 1.807) is 6.20 Å². The molecule has 1 aromatic heterocycles. The van der Waals surface area contributed by atoms with Crippen LogP contribution in [0.5, 0.6) is 0 Å². The number of nitrogens with zero attached hydrogens (tertiary/aromatic N) is 4. The lowest BCUT2D eigenvalue weighted by Gasteiger charge is -2.37. The quantitative estimate of drug-likeness (QED) is 0.851. The molecule has 3 rings (SSSR count). The summed E-state index contributed by atoms with van der Waals surface area (Å²) in [5.41, 5.74) is 1.58. The Kier molecular flexibility index (Phi) is 6.40. The highest BCUT2D eigenvalue weighted by Gasteiger charge is 2.25. The maximum absolute atomic E-state index is 12.6. The molecule has 1 aliphatic rings. The van der Waals surface area contributed by atoms with Crippen LogP contribution in [-0.4, -0.2) is 54.5 Å². The highest BCUT2D eigenvalue weighted by Crippen LogP contribution is 2.26. The topological polar surface area (TPSA) is 61.4 Å². The van der Waals surface area contributed by atoms with Crippen LogP contribution in [0.25, 0.3) is 0 Å². The van der Waals surface area contributed by atoms with Gasteiger partial charge in [0.2, 0.25) is 0 Å². The molecule has 1 N–H and O–H groups in total. The Balaban J connectivity index is 1.67. The first-order valence-electron chi connectivity index (χ1n) is 9.61. The molecule has 6 heteroatoms. The molecular formula is C21H29N5O. The SMILES string of the molecule is CC1CCN(C(CNC(=O)c2cnc(N(C)C)cn2)c2ccccc2)CC1. The molecule has 1 aliphatic heterocycles. The molecule has 1 unspecified atom stereocenters. The summed E-state index contributed by atoms with van der Waals surface area (Å²) in [6.45, 7) is 5.00. The lowest BCUT2D eigenvalue weighted by Crippen LogP contribution is -2.42. The number of carbonyl (C=O) groups excluding carboxylic acids is 1. The molecule has 1 aromatic carbocycles. The number of rotatable bonds is 6. The third-order valence-electron chi connectivity index (χ3n) is 5.23. The number of piperidine rings is 1. The van der Waals surface area contributed by atoms with E-state index < -0.39 is 0 Å². The predicted octanol–water partition coefficient (Wildman–Crippen LogP) is 2.75. The molecule has 1 saturated heterocycles. The summed E-state index contributed by atoms with van der Waals surface area (Å²) in [6.07, 6.45) is 5.56. The summed E-state index contributed by atoms with van der Waals surface area (Å²) in [6, 6.07) is 10.6. The number of aromatic nitrogens is 2. The van der Waals surface area contributed by atoms with Crippen molar-refractivity contribution in [2.24, 2.45) is 5.92 Å². The van der Waals surface area contributed by atoms with Crippen molar-refractivity contribution < 1.29 is 4.79 Å².